The monoisotopic (exact) mass is 238 g/mol. The summed E-state index contributed by atoms with van der Waals surface area (Å²) in [6, 6.07) is 7.06. The van der Waals surface area contributed by atoms with Gasteiger partial charge in [0.05, 0.1) is 5.92 Å². The van der Waals surface area contributed by atoms with Gasteiger partial charge in [-0.15, -0.1) is 0 Å². The third-order valence-electron chi connectivity index (χ3n) is 2.94. The minimum absolute atomic E-state index is 0.112. The number of hydrogen-bond acceptors (Lipinski definition) is 4. The van der Waals surface area contributed by atoms with Crippen LogP contribution in [-0.4, -0.2) is 27.3 Å². The number of benzene rings is 1. The number of aliphatic carboxylic acids is 1. The van der Waals surface area contributed by atoms with E-state index in [1.807, 2.05) is 12.1 Å². The van der Waals surface area contributed by atoms with Crippen molar-refractivity contribution < 1.29 is 24.9 Å². The molecule has 0 spiro atoms. The van der Waals surface area contributed by atoms with Gasteiger partial charge in [-0.3, -0.25) is 4.79 Å². The molecule has 0 saturated carbocycles. The van der Waals surface area contributed by atoms with E-state index in [4.69, 9.17) is 9.84 Å². The number of rotatable bonds is 3. The maximum atomic E-state index is 10.5. The SMILES string of the molecule is O=C(O)CCC1Cc2ccccc2OC1(O)O. The molecule has 0 aliphatic carbocycles. The predicted octanol–water partition coefficient (Wildman–Crippen LogP) is 0.741. The summed E-state index contributed by atoms with van der Waals surface area (Å²) in [6.07, 6.45) is 0.451. The van der Waals surface area contributed by atoms with Gasteiger partial charge in [-0.25, -0.2) is 0 Å². The van der Waals surface area contributed by atoms with Crippen LogP contribution in [0.3, 0.4) is 0 Å². The molecule has 17 heavy (non-hydrogen) atoms. The van der Waals surface area contributed by atoms with Gasteiger partial charge >= 0.3 is 11.9 Å². The maximum absolute atomic E-state index is 10.5. The molecule has 1 unspecified atom stereocenters. The van der Waals surface area contributed by atoms with Gasteiger partial charge < -0.3 is 20.1 Å². The van der Waals surface area contributed by atoms with E-state index >= 15 is 0 Å². The Morgan fingerprint density at radius 1 is 1.41 bits per heavy atom. The van der Waals surface area contributed by atoms with Crippen molar-refractivity contribution in [1.29, 1.82) is 0 Å². The molecule has 0 radical (unpaired) electrons. The summed E-state index contributed by atoms with van der Waals surface area (Å²) < 4.78 is 5.08. The van der Waals surface area contributed by atoms with Crippen molar-refractivity contribution in [2.45, 2.75) is 25.2 Å². The number of fused-ring (bicyclic) bond motifs is 1. The third kappa shape index (κ3) is 2.57. The molecule has 0 aromatic heterocycles. The number of ether oxygens (including phenoxy) is 1. The number of hydrogen-bond donors (Lipinski definition) is 3. The number of para-hydroxylation sites is 1. The minimum atomic E-state index is -2.29. The maximum Gasteiger partial charge on any atom is 0.325 e. The first-order chi connectivity index (χ1) is 7.99. The van der Waals surface area contributed by atoms with Crippen molar-refractivity contribution >= 4 is 5.97 Å². The summed E-state index contributed by atoms with van der Waals surface area (Å²) in [6.45, 7) is 0. The fourth-order valence-electron chi connectivity index (χ4n) is 2.00. The Bertz CT molecular complexity index is 427. The summed E-state index contributed by atoms with van der Waals surface area (Å²) >= 11 is 0. The van der Waals surface area contributed by atoms with Crippen molar-refractivity contribution in [3.63, 3.8) is 0 Å². The first-order valence-electron chi connectivity index (χ1n) is 5.42. The van der Waals surface area contributed by atoms with E-state index in [1.165, 1.54) is 0 Å². The van der Waals surface area contributed by atoms with Gasteiger partial charge in [0, 0.05) is 6.42 Å². The first-order valence-corrected chi connectivity index (χ1v) is 5.42. The quantitative estimate of drug-likeness (QED) is 0.676. The van der Waals surface area contributed by atoms with Crippen molar-refractivity contribution in [2.75, 3.05) is 0 Å². The van der Waals surface area contributed by atoms with Crippen molar-refractivity contribution in [2.24, 2.45) is 5.92 Å². The van der Waals surface area contributed by atoms with Gasteiger partial charge in [-0.05, 0) is 24.5 Å². The average Bonchev–Trinajstić information content (AvgIpc) is 2.25. The molecule has 1 atom stereocenters. The van der Waals surface area contributed by atoms with Crippen molar-refractivity contribution in [3.8, 4) is 5.75 Å². The Balaban J connectivity index is 2.16. The Hall–Kier alpha value is -1.59. The van der Waals surface area contributed by atoms with E-state index in [-0.39, 0.29) is 12.8 Å². The lowest BCUT2D eigenvalue weighted by molar-refractivity contribution is -0.329. The highest BCUT2D eigenvalue weighted by Crippen LogP contribution is 2.36. The molecule has 0 saturated heterocycles. The van der Waals surface area contributed by atoms with E-state index in [2.05, 4.69) is 0 Å². The molecule has 5 heteroatoms. The Morgan fingerprint density at radius 3 is 2.82 bits per heavy atom. The zero-order valence-electron chi connectivity index (χ0n) is 9.17. The molecular weight excluding hydrogens is 224 g/mol. The Labute approximate surface area is 98.3 Å². The molecule has 1 aromatic rings. The number of carboxylic acids is 1. The van der Waals surface area contributed by atoms with Crippen LogP contribution < -0.4 is 4.74 Å². The third-order valence-corrected chi connectivity index (χ3v) is 2.94. The second-order valence-electron chi connectivity index (χ2n) is 4.20. The van der Waals surface area contributed by atoms with Gasteiger partial charge in [0.15, 0.2) is 0 Å². The van der Waals surface area contributed by atoms with E-state index in [9.17, 15) is 15.0 Å². The first kappa shape index (κ1) is 11.9. The molecule has 92 valence electrons. The molecule has 5 nitrogen and oxygen atoms in total. The van der Waals surface area contributed by atoms with Gasteiger partial charge in [0.1, 0.15) is 5.75 Å². The molecule has 1 aliphatic heterocycles. The average molecular weight is 238 g/mol. The summed E-state index contributed by atoms with van der Waals surface area (Å²) in [5.41, 5.74) is 0.863. The second-order valence-corrected chi connectivity index (χ2v) is 4.20. The second kappa shape index (κ2) is 4.35. The highest BCUT2D eigenvalue weighted by molar-refractivity contribution is 5.66. The fraction of sp³-hybridized carbons (Fsp3) is 0.417. The van der Waals surface area contributed by atoms with E-state index in [0.29, 0.717) is 12.2 Å². The van der Waals surface area contributed by atoms with Crippen LogP contribution in [0.2, 0.25) is 0 Å². The van der Waals surface area contributed by atoms with E-state index in [1.54, 1.807) is 12.1 Å². The van der Waals surface area contributed by atoms with Gasteiger partial charge in [0.25, 0.3) is 0 Å². The number of aliphatic hydroxyl groups is 2. The van der Waals surface area contributed by atoms with Crippen molar-refractivity contribution in [1.82, 2.24) is 0 Å². The van der Waals surface area contributed by atoms with Gasteiger partial charge in [-0.1, -0.05) is 18.2 Å². The predicted molar refractivity (Wildman–Crippen MR) is 58.3 cm³/mol. The molecule has 0 fully saturated rings. The van der Waals surface area contributed by atoms with Crippen LogP contribution >= 0.6 is 0 Å². The highest BCUT2D eigenvalue weighted by Gasteiger charge is 2.41. The van der Waals surface area contributed by atoms with Crippen LogP contribution in [0.1, 0.15) is 18.4 Å². The topological polar surface area (TPSA) is 87.0 Å². The molecule has 2 rings (SSSR count). The van der Waals surface area contributed by atoms with Crippen LogP contribution in [-0.2, 0) is 11.2 Å². The summed E-state index contributed by atoms with van der Waals surface area (Å²) in [4.78, 5) is 10.5. The number of carbonyl (C=O) groups is 1. The Morgan fingerprint density at radius 2 is 2.12 bits per heavy atom. The van der Waals surface area contributed by atoms with Crippen LogP contribution in [0.25, 0.3) is 0 Å². The zero-order valence-corrected chi connectivity index (χ0v) is 9.17. The molecular formula is C12H14O5. The molecule has 1 heterocycles. The molecule has 0 bridgehead atoms. The van der Waals surface area contributed by atoms with E-state index < -0.39 is 17.9 Å². The van der Waals surface area contributed by atoms with Crippen molar-refractivity contribution in [3.05, 3.63) is 29.8 Å². The molecule has 1 aliphatic rings. The van der Waals surface area contributed by atoms with Gasteiger partial charge in [0.2, 0.25) is 0 Å². The molecule has 0 amide bonds. The van der Waals surface area contributed by atoms with E-state index in [0.717, 1.165) is 5.56 Å². The minimum Gasteiger partial charge on any atom is -0.481 e. The summed E-state index contributed by atoms with van der Waals surface area (Å²) in [7, 11) is 0. The van der Waals surface area contributed by atoms with Gasteiger partial charge in [-0.2, -0.15) is 0 Å². The lowest BCUT2D eigenvalue weighted by Gasteiger charge is -2.36. The normalized spacial score (nSPS) is 21.4. The van der Waals surface area contributed by atoms with Crippen LogP contribution in [0.4, 0.5) is 0 Å². The van der Waals surface area contributed by atoms with Crippen LogP contribution in [0, 0.1) is 5.92 Å². The Kier molecular flexibility index (Phi) is 3.04. The van der Waals surface area contributed by atoms with Crippen LogP contribution in [0.5, 0.6) is 5.75 Å². The lowest BCUT2D eigenvalue weighted by Crippen LogP contribution is -2.47. The number of carboxylic acid groups (broad SMARTS) is 1. The molecule has 1 aromatic carbocycles. The standard InChI is InChI=1S/C12H14O5/c13-11(14)6-5-9-7-8-3-1-2-4-10(8)17-12(9,15)16/h1-4,9,15-16H,5-7H2,(H,13,14). The van der Waals surface area contributed by atoms with Crippen LogP contribution in [0.15, 0.2) is 24.3 Å². The lowest BCUT2D eigenvalue weighted by atomic mass is 9.90. The highest BCUT2D eigenvalue weighted by atomic mass is 16.8. The fourth-order valence-corrected chi connectivity index (χ4v) is 2.00. The largest absolute Gasteiger partial charge is 0.481 e. The zero-order chi connectivity index (χ0) is 12.5. The summed E-state index contributed by atoms with van der Waals surface area (Å²) in [5, 5.41) is 28.1. The smallest absolute Gasteiger partial charge is 0.325 e. The summed E-state index contributed by atoms with van der Waals surface area (Å²) in [5.74, 6) is -3.44. The molecule has 3 N–H and O–H groups in total.